The summed E-state index contributed by atoms with van der Waals surface area (Å²) in [4.78, 5) is 16.1. The summed E-state index contributed by atoms with van der Waals surface area (Å²) < 4.78 is 7.42. The maximum absolute atomic E-state index is 10.0. The fourth-order valence-electron chi connectivity index (χ4n) is 4.94. The van der Waals surface area contributed by atoms with Crippen LogP contribution in [0.15, 0.2) is 83.1 Å². The average Bonchev–Trinajstić information content (AvgIpc) is 3.43. The number of benzene rings is 3. The number of rotatable bonds is 3. The number of aromatic nitrogens is 1. The Bertz CT molecular complexity index is 1830. The Hall–Kier alpha value is -3.57. The van der Waals surface area contributed by atoms with Crippen molar-refractivity contribution in [1.29, 1.82) is 0 Å². The second-order valence-corrected chi connectivity index (χ2v) is 10.7. The number of fused-ring (bicyclic) bond motifs is 4. The monoisotopic (exact) mass is 711 g/mol. The maximum Gasteiger partial charge on any atom is 0.155 e. The van der Waals surface area contributed by atoms with Crippen molar-refractivity contribution in [2.75, 3.05) is 0 Å². The van der Waals surface area contributed by atoms with Gasteiger partial charge in [-0.15, -0.1) is 29.5 Å². The molecule has 0 fully saturated rings. The summed E-state index contributed by atoms with van der Waals surface area (Å²) in [5.74, 6) is -0.0625. The van der Waals surface area contributed by atoms with Crippen LogP contribution in [0, 0.1) is 26.8 Å². The van der Waals surface area contributed by atoms with E-state index in [-0.39, 0.29) is 31.6 Å². The van der Waals surface area contributed by atoms with Crippen LogP contribution in [-0.4, -0.2) is 15.9 Å². The molecule has 0 aliphatic carbocycles. The van der Waals surface area contributed by atoms with Crippen molar-refractivity contribution in [3.8, 4) is 21.7 Å². The van der Waals surface area contributed by atoms with E-state index in [1.807, 2.05) is 41.8 Å². The summed E-state index contributed by atoms with van der Waals surface area (Å²) in [5, 5.41) is 11.8. The number of nitrogens with zero attached hydrogens (tertiary/aromatic N) is 1. The van der Waals surface area contributed by atoms with E-state index in [1.165, 1.54) is 57.1 Å². The van der Waals surface area contributed by atoms with E-state index in [9.17, 15) is 4.79 Å². The van der Waals surface area contributed by atoms with Crippen molar-refractivity contribution in [2.45, 2.75) is 34.6 Å². The third-order valence-electron chi connectivity index (χ3n) is 6.33. The van der Waals surface area contributed by atoms with Crippen LogP contribution in [-0.2, 0) is 24.9 Å². The number of thiophene rings is 1. The molecule has 3 heterocycles. The minimum atomic E-state index is -0.125. The first kappa shape index (κ1) is 28.4. The Morgan fingerprint density at radius 3 is 2.38 bits per heavy atom. The van der Waals surface area contributed by atoms with E-state index in [0.29, 0.717) is 0 Å². The number of aliphatic hydroxyl groups excluding tert-OH is 1. The van der Waals surface area contributed by atoms with Gasteiger partial charge in [0.05, 0.1) is 11.3 Å². The zero-order valence-electron chi connectivity index (χ0n) is 22.4. The molecule has 1 radical (unpaired) electrons. The summed E-state index contributed by atoms with van der Waals surface area (Å²) in [7, 11) is 0. The van der Waals surface area contributed by atoms with Gasteiger partial charge in [0.2, 0.25) is 0 Å². The largest absolute Gasteiger partial charge is 0.512 e. The molecule has 199 valence electrons. The topological polar surface area (TPSA) is 63.3 Å². The predicted molar refractivity (Wildman–Crippen MR) is 158 cm³/mol. The first-order valence-corrected chi connectivity index (χ1v) is 13.2. The molecular formula is C33H28IrNO3S-. The molecule has 0 spiro atoms. The van der Waals surface area contributed by atoms with Crippen molar-refractivity contribution < 1.29 is 34.4 Å². The summed E-state index contributed by atoms with van der Waals surface area (Å²) >= 11 is 1.82. The molecule has 6 heteroatoms. The number of carbonyl (C=O) groups is 1. The van der Waals surface area contributed by atoms with E-state index in [1.54, 1.807) is 0 Å². The Morgan fingerprint density at radius 1 is 1.00 bits per heavy atom. The Morgan fingerprint density at radius 2 is 1.72 bits per heavy atom. The summed E-state index contributed by atoms with van der Waals surface area (Å²) in [6.45, 7) is 9.39. The van der Waals surface area contributed by atoms with Gasteiger partial charge in [-0.1, -0.05) is 52.9 Å². The van der Waals surface area contributed by atoms with E-state index in [4.69, 9.17) is 14.5 Å². The van der Waals surface area contributed by atoms with Crippen molar-refractivity contribution in [3.63, 3.8) is 0 Å². The second-order valence-electron chi connectivity index (χ2n) is 9.58. The molecule has 0 aliphatic heterocycles. The molecule has 1 N–H and O–H groups in total. The fourth-order valence-corrected chi connectivity index (χ4v) is 6.18. The van der Waals surface area contributed by atoms with Gasteiger partial charge in [0, 0.05) is 52.7 Å². The van der Waals surface area contributed by atoms with Crippen molar-refractivity contribution >= 4 is 49.1 Å². The maximum atomic E-state index is 10.0. The standard InChI is InChI=1S/C28H20NOS.C5H8O2.Ir/c1-16-11-17(2)27(18(3)12-16)26-13-19-15-29-23(14-25(19)31-26)22-9-6-8-21-20-7-4-5-10-24(20)30-28(21)22;1-4(6)3-5(2)7;/h4-8,10-15H,1-3H3;3,6H,1-2H3;/q-1;;/b;4-3-;. The number of pyridine rings is 1. The summed E-state index contributed by atoms with van der Waals surface area (Å²) in [6.07, 6.45) is 3.14. The molecule has 3 aromatic carbocycles. The number of allylic oxidation sites excluding steroid dienone is 2. The number of carbonyl (C=O) groups excluding carboxylic acids is 1. The number of hydrogen-bond donors (Lipinski definition) is 1. The van der Waals surface area contributed by atoms with Crippen LogP contribution in [0.2, 0.25) is 0 Å². The minimum Gasteiger partial charge on any atom is -0.512 e. The van der Waals surface area contributed by atoms with Gasteiger partial charge in [-0.2, -0.15) is 0 Å². The van der Waals surface area contributed by atoms with Gasteiger partial charge >= 0.3 is 0 Å². The molecule has 0 amide bonds. The van der Waals surface area contributed by atoms with Gasteiger partial charge in [0.15, 0.2) is 5.78 Å². The first-order valence-electron chi connectivity index (χ1n) is 12.4. The molecule has 3 aromatic heterocycles. The van der Waals surface area contributed by atoms with Crippen LogP contribution in [0.5, 0.6) is 0 Å². The SMILES string of the molecule is CC(=O)/C=C(/C)O.Cc1cc(C)c(-c2cc3cnc(-c4[c-]ccc5c4oc4ccccc45)cc3s2)c(C)c1.[Ir]. The van der Waals surface area contributed by atoms with Gasteiger partial charge < -0.3 is 14.5 Å². The molecule has 39 heavy (non-hydrogen) atoms. The second kappa shape index (κ2) is 11.7. The molecule has 4 nitrogen and oxygen atoms in total. The number of aryl methyl sites for hydroxylation is 3. The van der Waals surface area contributed by atoms with Gasteiger partial charge in [-0.3, -0.25) is 4.79 Å². The normalized spacial score (nSPS) is 11.4. The Kier molecular flexibility index (Phi) is 8.51. The van der Waals surface area contributed by atoms with E-state index < -0.39 is 0 Å². The summed E-state index contributed by atoms with van der Waals surface area (Å²) in [6, 6.07) is 24.5. The zero-order chi connectivity index (χ0) is 27.0. The fraction of sp³-hybridized carbons (Fsp3) is 0.152. The van der Waals surface area contributed by atoms with Gasteiger partial charge in [0.25, 0.3) is 0 Å². The van der Waals surface area contributed by atoms with E-state index in [0.717, 1.165) is 33.2 Å². The quantitative estimate of drug-likeness (QED) is 0.113. The predicted octanol–water partition coefficient (Wildman–Crippen LogP) is 9.29. The van der Waals surface area contributed by atoms with Crippen molar-refractivity contribution in [1.82, 2.24) is 4.98 Å². The molecule has 0 saturated heterocycles. The number of hydrogen-bond acceptors (Lipinski definition) is 5. The zero-order valence-corrected chi connectivity index (χ0v) is 25.6. The first-order chi connectivity index (χ1) is 18.2. The average molecular weight is 711 g/mol. The van der Waals surface area contributed by atoms with Crippen LogP contribution >= 0.6 is 11.3 Å². The van der Waals surface area contributed by atoms with Crippen LogP contribution in [0.4, 0.5) is 0 Å². The molecular weight excluding hydrogens is 683 g/mol. The number of aliphatic hydroxyl groups is 1. The van der Waals surface area contributed by atoms with Gasteiger partial charge in [0.1, 0.15) is 5.58 Å². The Labute approximate surface area is 245 Å². The molecule has 0 aliphatic rings. The van der Waals surface area contributed by atoms with E-state index in [2.05, 4.69) is 63.2 Å². The third-order valence-corrected chi connectivity index (χ3v) is 7.45. The number of ketones is 1. The molecule has 0 bridgehead atoms. The summed E-state index contributed by atoms with van der Waals surface area (Å²) in [5.41, 5.74) is 8.81. The number of para-hydroxylation sites is 1. The van der Waals surface area contributed by atoms with Gasteiger partial charge in [-0.25, -0.2) is 0 Å². The minimum absolute atomic E-state index is 0. The van der Waals surface area contributed by atoms with Crippen LogP contribution in [0.3, 0.4) is 0 Å². The van der Waals surface area contributed by atoms with Crippen LogP contribution in [0.25, 0.3) is 53.7 Å². The van der Waals surface area contributed by atoms with Crippen molar-refractivity contribution in [3.05, 3.63) is 101 Å². The van der Waals surface area contributed by atoms with Crippen LogP contribution < -0.4 is 0 Å². The van der Waals surface area contributed by atoms with Crippen LogP contribution in [0.1, 0.15) is 30.5 Å². The number of furan rings is 1. The molecule has 6 aromatic rings. The third kappa shape index (κ3) is 5.89. The molecule has 6 rings (SSSR count). The molecule has 0 unspecified atom stereocenters. The smallest absolute Gasteiger partial charge is 0.155 e. The molecule has 0 atom stereocenters. The van der Waals surface area contributed by atoms with Gasteiger partial charge in [-0.05, 0) is 69.1 Å². The van der Waals surface area contributed by atoms with Crippen molar-refractivity contribution in [2.24, 2.45) is 0 Å². The Balaban J connectivity index is 0.000000394. The molecule has 0 saturated carbocycles. The van der Waals surface area contributed by atoms with E-state index >= 15 is 0 Å².